The fourth-order valence-electron chi connectivity index (χ4n) is 4.80. The second-order valence-electron chi connectivity index (χ2n) is 9.57. The van der Waals surface area contributed by atoms with Crippen molar-refractivity contribution < 1.29 is 24.5 Å². The van der Waals surface area contributed by atoms with Crippen LogP contribution in [0.2, 0.25) is 0 Å². The number of fused-ring (bicyclic) bond motifs is 1. The number of ether oxygens (including phenoxy) is 2. The number of methoxy groups -OCH3 is 1. The van der Waals surface area contributed by atoms with E-state index in [1.165, 1.54) is 17.9 Å². The Hall–Kier alpha value is -4.18. The van der Waals surface area contributed by atoms with E-state index in [1.54, 1.807) is 18.0 Å². The molecule has 0 saturated carbocycles. The molecule has 2 aliphatic heterocycles. The second kappa shape index (κ2) is 9.85. The molecule has 5 heterocycles. The molecule has 1 amide bonds. The summed E-state index contributed by atoms with van der Waals surface area (Å²) in [6.45, 7) is 1.66. The van der Waals surface area contributed by atoms with Crippen molar-refractivity contribution in [3.63, 3.8) is 0 Å². The van der Waals surface area contributed by atoms with Crippen molar-refractivity contribution in [2.45, 2.75) is 30.6 Å². The van der Waals surface area contributed by atoms with Crippen LogP contribution in [0.3, 0.4) is 0 Å². The average Bonchev–Trinajstić information content (AvgIpc) is 3.66. The molecule has 2 fully saturated rings. The van der Waals surface area contributed by atoms with Gasteiger partial charge in [0.05, 0.1) is 31.4 Å². The van der Waals surface area contributed by atoms with Gasteiger partial charge in [0.25, 0.3) is 5.91 Å². The standard InChI is InChI=1S/C24H28N10O5/c1-25-23(37)19-17(35)18(36)24(39-19)33-11-26-16-21(27-12-8-32(2)9-12)28-20(29-22(16)33)15-10-34(31-30-15)13-5-4-6-14(7-13)38-3/h4-7,10-12,17-19,24,35-36H,8-9H2,1-3H3,(H,25,37)(H,27,28,29)/t17-,18+,19?,24+/m0/s1. The fourth-order valence-corrected chi connectivity index (χ4v) is 4.80. The molecule has 0 aliphatic carbocycles. The van der Waals surface area contributed by atoms with Gasteiger partial charge in [-0.15, -0.1) is 5.10 Å². The summed E-state index contributed by atoms with van der Waals surface area (Å²) in [6.07, 6.45) is -2.04. The Morgan fingerprint density at radius 3 is 2.77 bits per heavy atom. The van der Waals surface area contributed by atoms with Crippen molar-refractivity contribution >= 4 is 22.9 Å². The predicted molar refractivity (Wildman–Crippen MR) is 137 cm³/mol. The Morgan fingerprint density at radius 1 is 1.21 bits per heavy atom. The lowest BCUT2D eigenvalue weighted by molar-refractivity contribution is -0.137. The van der Waals surface area contributed by atoms with E-state index in [1.807, 2.05) is 31.3 Å². The Balaban J connectivity index is 1.41. The lowest BCUT2D eigenvalue weighted by atomic mass is 10.1. The SMILES string of the molecule is CNC(=O)C1O[C@@H](n2cnc3c(NC4CN(C)C4)nc(-c4cn(-c5cccc(OC)c5)nn4)nc32)[C@H](O)[C@@H]1O. The van der Waals surface area contributed by atoms with Crippen LogP contribution >= 0.6 is 0 Å². The van der Waals surface area contributed by atoms with Gasteiger partial charge in [-0.2, -0.15) is 0 Å². The zero-order valence-electron chi connectivity index (χ0n) is 21.5. The monoisotopic (exact) mass is 536 g/mol. The molecule has 39 heavy (non-hydrogen) atoms. The number of likely N-dealkylation sites (tertiary alicyclic amines) is 1. The van der Waals surface area contributed by atoms with Gasteiger partial charge < -0.3 is 35.2 Å². The summed E-state index contributed by atoms with van der Waals surface area (Å²) in [7, 11) is 5.05. The number of imidazole rings is 1. The van der Waals surface area contributed by atoms with Gasteiger partial charge in [0, 0.05) is 26.2 Å². The van der Waals surface area contributed by atoms with Crippen LogP contribution in [0.25, 0.3) is 28.4 Å². The number of anilines is 1. The van der Waals surface area contributed by atoms with Crippen LogP contribution in [0.4, 0.5) is 5.82 Å². The van der Waals surface area contributed by atoms with Gasteiger partial charge in [-0.3, -0.25) is 9.36 Å². The Morgan fingerprint density at radius 2 is 2.03 bits per heavy atom. The van der Waals surface area contributed by atoms with Gasteiger partial charge in [-0.05, 0) is 19.2 Å². The minimum atomic E-state index is -1.43. The van der Waals surface area contributed by atoms with E-state index in [0.717, 1.165) is 18.8 Å². The van der Waals surface area contributed by atoms with Crippen LogP contribution in [0.5, 0.6) is 5.75 Å². The summed E-state index contributed by atoms with van der Waals surface area (Å²) in [5.74, 6) is 0.882. The summed E-state index contributed by atoms with van der Waals surface area (Å²) in [5, 5.41) is 35.6. The first-order valence-electron chi connectivity index (χ1n) is 12.4. The molecule has 1 unspecified atom stereocenters. The van der Waals surface area contributed by atoms with Crippen LogP contribution in [0.1, 0.15) is 6.23 Å². The van der Waals surface area contributed by atoms with Gasteiger partial charge in [-0.25, -0.2) is 19.6 Å². The van der Waals surface area contributed by atoms with Crippen molar-refractivity contribution in [1.29, 1.82) is 0 Å². The number of nitrogens with zero attached hydrogens (tertiary/aromatic N) is 8. The summed E-state index contributed by atoms with van der Waals surface area (Å²) >= 11 is 0. The molecular formula is C24H28N10O5. The van der Waals surface area contributed by atoms with E-state index in [9.17, 15) is 15.0 Å². The molecule has 0 bridgehead atoms. The average molecular weight is 537 g/mol. The lowest BCUT2D eigenvalue weighted by Gasteiger charge is -2.36. The molecule has 1 aromatic carbocycles. The number of hydrogen-bond donors (Lipinski definition) is 4. The van der Waals surface area contributed by atoms with Crippen LogP contribution < -0.4 is 15.4 Å². The minimum Gasteiger partial charge on any atom is -0.497 e. The third-order valence-electron chi connectivity index (χ3n) is 6.88. The maximum Gasteiger partial charge on any atom is 0.251 e. The van der Waals surface area contributed by atoms with E-state index in [2.05, 4.69) is 30.8 Å². The Labute approximate surface area is 222 Å². The Bertz CT molecular complexity index is 1520. The molecule has 204 valence electrons. The van der Waals surface area contributed by atoms with Crippen molar-refractivity contribution in [1.82, 2.24) is 44.7 Å². The molecular weight excluding hydrogens is 508 g/mol. The van der Waals surface area contributed by atoms with E-state index < -0.39 is 30.4 Å². The third kappa shape index (κ3) is 4.44. The summed E-state index contributed by atoms with van der Waals surface area (Å²) in [5.41, 5.74) is 1.92. The molecule has 4 atom stereocenters. The summed E-state index contributed by atoms with van der Waals surface area (Å²) in [6, 6.07) is 7.53. The number of aliphatic hydroxyl groups is 2. The first-order valence-corrected chi connectivity index (χ1v) is 12.4. The number of hydrogen-bond acceptors (Lipinski definition) is 12. The largest absolute Gasteiger partial charge is 0.497 e. The number of benzene rings is 1. The van der Waals surface area contributed by atoms with E-state index >= 15 is 0 Å². The molecule has 6 rings (SSSR count). The maximum absolute atomic E-state index is 12.2. The van der Waals surface area contributed by atoms with E-state index in [0.29, 0.717) is 28.4 Å². The van der Waals surface area contributed by atoms with E-state index in [4.69, 9.17) is 19.4 Å². The van der Waals surface area contributed by atoms with E-state index in [-0.39, 0.29) is 11.9 Å². The third-order valence-corrected chi connectivity index (χ3v) is 6.88. The molecule has 0 radical (unpaired) electrons. The summed E-state index contributed by atoms with van der Waals surface area (Å²) < 4.78 is 14.2. The molecule has 0 spiro atoms. The molecule has 2 saturated heterocycles. The number of carbonyl (C=O) groups is 1. The minimum absolute atomic E-state index is 0.159. The molecule has 15 nitrogen and oxygen atoms in total. The molecule has 2 aliphatic rings. The molecule has 15 heteroatoms. The zero-order valence-corrected chi connectivity index (χ0v) is 21.5. The number of carbonyl (C=O) groups excluding carboxylic acids is 1. The van der Waals surface area contributed by atoms with Gasteiger partial charge in [0.1, 0.15) is 18.0 Å². The van der Waals surface area contributed by atoms with Crippen molar-refractivity contribution in [3.05, 3.63) is 36.8 Å². The summed E-state index contributed by atoms with van der Waals surface area (Å²) in [4.78, 5) is 28.2. The van der Waals surface area contributed by atoms with Gasteiger partial charge in [-0.1, -0.05) is 11.3 Å². The topological polar surface area (TPSA) is 178 Å². The number of amides is 1. The Kier molecular flexibility index (Phi) is 6.34. The van der Waals surface area contributed by atoms with Gasteiger partial charge in [0.2, 0.25) is 0 Å². The van der Waals surface area contributed by atoms with Gasteiger partial charge >= 0.3 is 0 Å². The number of aliphatic hydroxyl groups excluding tert-OH is 2. The van der Waals surface area contributed by atoms with Crippen LogP contribution in [0.15, 0.2) is 36.8 Å². The second-order valence-corrected chi connectivity index (χ2v) is 9.57. The molecule has 4 N–H and O–H groups in total. The number of aromatic nitrogens is 7. The van der Waals surface area contributed by atoms with Crippen LogP contribution in [-0.2, 0) is 9.53 Å². The van der Waals surface area contributed by atoms with Gasteiger partial charge in [0.15, 0.2) is 40.8 Å². The molecule has 3 aromatic heterocycles. The highest BCUT2D eigenvalue weighted by Crippen LogP contribution is 2.34. The lowest BCUT2D eigenvalue weighted by Crippen LogP contribution is -2.52. The first kappa shape index (κ1) is 25.1. The number of likely N-dealkylation sites (N-methyl/N-ethyl adjacent to an activating group) is 2. The highest BCUT2D eigenvalue weighted by Gasteiger charge is 2.47. The predicted octanol–water partition coefficient (Wildman–Crippen LogP) is -0.826. The van der Waals surface area contributed by atoms with Crippen molar-refractivity contribution in [2.75, 3.05) is 39.6 Å². The highest BCUT2D eigenvalue weighted by atomic mass is 16.6. The highest BCUT2D eigenvalue weighted by molar-refractivity contribution is 5.85. The molecule has 4 aromatic rings. The normalized spacial score (nSPS) is 23.6. The number of nitrogens with one attached hydrogen (secondary N) is 2. The zero-order chi connectivity index (χ0) is 27.3. The smallest absolute Gasteiger partial charge is 0.251 e. The fraction of sp³-hybridized carbons (Fsp3) is 0.417. The van der Waals surface area contributed by atoms with Crippen molar-refractivity contribution in [3.8, 4) is 23.0 Å². The van der Waals surface area contributed by atoms with Crippen LogP contribution in [-0.4, -0.2) is 114 Å². The maximum atomic E-state index is 12.2. The number of rotatable bonds is 7. The quantitative estimate of drug-likeness (QED) is 0.231. The van der Waals surface area contributed by atoms with Crippen molar-refractivity contribution in [2.24, 2.45) is 0 Å². The first-order chi connectivity index (χ1) is 18.9. The van der Waals surface area contributed by atoms with Crippen LogP contribution in [0, 0.1) is 0 Å².